The van der Waals surface area contributed by atoms with Crippen LogP contribution in [0.25, 0.3) is 0 Å². The molecule has 1 aliphatic rings. The number of rotatable bonds is 5. The van der Waals surface area contributed by atoms with Crippen molar-refractivity contribution >= 4 is 11.9 Å². The summed E-state index contributed by atoms with van der Waals surface area (Å²) < 4.78 is 9.48. The van der Waals surface area contributed by atoms with E-state index >= 15 is 0 Å². The van der Waals surface area contributed by atoms with E-state index in [1.807, 2.05) is 0 Å². The molecule has 6 nitrogen and oxygen atoms in total. The molecule has 94 valence electrons. The van der Waals surface area contributed by atoms with Gasteiger partial charge in [0.15, 0.2) is 0 Å². The molecule has 1 saturated heterocycles. The lowest BCUT2D eigenvalue weighted by Crippen LogP contribution is -2.36. The molecule has 1 heterocycles. The molecule has 0 aromatic rings. The van der Waals surface area contributed by atoms with Crippen LogP contribution in [0.1, 0.15) is 25.7 Å². The number of hydrogen-bond donors (Lipinski definition) is 1. The van der Waals surface area contributed by atoms with Crippen molar-refractivity contribution in [3.63, 3.8) is 0 Å². The SMILES string of the molecule is COC(=O)[C@@H]1CCC(CCOC(=O)CC#N)N1. The summed E-state index contributed by atoms with van der Waals surface area (Å²) in [6.07, 6.45) is 2.02. The Labute approximate surface area is 99.9 Å². The summed E-state index contributed by atoms with van der Waals surface area (Å²) in [6, 6.07) is 1.64. The second-order valence-electron chi connectivity index (χ2n) is 3.86. The number of hydrogen-bond acceptors (Lipinski definition) is 6. The Morgan fingerprint density at radius 2 is 2.24 bits per heavy atom. The number of carbonyl (C=O) groups is 2. The number of nitriles is 1. The van der Waals surface area contributed by atoms with Crippen LogP contribution >= 0.6 is 0 Å². The van der Waals surface area contributed by atoms with E-state index in [4.69, 9.17) is 10.00 Å². The first-order valence-electron chi connectivity index (χ1n) is 5.53. The Morgan fingerprint density at radius 1 is 1.47 bits per heavy atom. The van der Waals surface area contributed by atoms with E-state index in [9.17, 15) is 9.59 Å². The molecule has 0 aliphatic carbocycles. The minimum Gasteiger partial charge on any atom is -0.468 e. The molecule has 0 saturated carbocycles. The second kappa shape index (κ2) is 6.86. The molecule has 1 rings (SSSR count). The van der Waals surface area contributed by atoms with Gasteiger partial charge in [-0.05, 0) is 19.3 Å². The maximum Gasteiger partial charge on any atom is 0.322 e. The Hall–Kier alpha value is -1.61. The standard InChI is InChI=1S/C11H16N2O4/c1-16-11(15)9-3-2-8(13-9)5-7-17-10(14)4-6-12/h8-9,13H,2-5,7H2,1H3/t8?,9-/m0/s1. The predicted octanol–water partition coefficient (Wildman–Crippen LogP) is 0.127. The zero-order valence-electron chi connectivity index (χ0n) is 9.77. The maximum atomic E-state index is 11.2. The fourth-order valence-corrected chi connectivity index (χ4v) is 1.81. The van der Waals surface area contributed by atoms with E-state index in [0.717, 1.165) is 12.8 Å². The lowest BCUT2D eigenvalue weighted by molar-refractivity contribution is -0.144. The molecule has 0 aromatic carbocycles. The van der Waals surface area contributed by atoms with E-state index in [2.05, 4.69) is 10.1 Å². The molecule has 0 spiro atoms. The first-order valence-corrected chi connectivity index (χ1v) is 5.53. The highest BCUT2D eigenvalue weighted by Gasteiger charge is 2.29. The van der Waals surface area contributed by atoms with Gasteiger partial charge in [-0.15, -0.1) is 0 Å². The molecule has 6 heteroatoms. The topological polar surface area (TPSA) is 88.4 Å². The van der Waals surface area contributed by atoms with Crippen molar-refractivity contribution in [2.75, 3.05) is 13.7 Å². The molecule has 1 fully saturated rings. The highest BCUT2D eigenvalue weighted by Crippen LogP contribution is 2.16. The van der Waals surface area contributed by atoms with Crippen molar-refractivity contribution in [3.8, 4) is 6.07 Å². The van der Waals surface area contributed by atoms with Gasteiger partial charge in [0.25, 0.3) is 0 Å². The largest absolute Gasteiger partial charge is 0.468 e. The van der Waals surface area contributed by atoms with E-state index in [0.29, 0.717) is 6.42 Å². The van der Waals surface area contributed by atoms with E-state index in [1.54, 1.807) is 6.07 Å². The molecule has 1 unspecified atom stereocenters. The summed E-state index contributed by atoms with van der Waals surface area (Å²) in [6.45, 7) is 0.270. The van der Waals surface area contributed by atoms with Crippen LogP contribution in [0.5, 0.6) is 0 Å². The van der Waals surface area contributed by atoms with Crippen LogP contribution in [-0.4, -0.2) is 37.7 Å². The molecule has 0 radical (unpaired) electrons. The van der Waals surface area contributed by atoms with Gasteiger partial charge in [-0.3, -0.25) is 9.59 Å². The Balaban J connectivity index is 2.16. The lowest BCUT2D eigenvalue weighted by atomic mass is 10.1. The zero-order chi connectivity index (χ0) is 12.7. The normalized spacial score (nSPS) is 22.8. The van der Waals surface area contributed by atoms with Crippen LogP contribution in [0, 0.1) is 11.3 Å². The molecular formula is C11H16N2O4. The van der Waals surface area contributed by atoms with Gasteiger partial charge < -0.3 is 14.8 Å². The molecule has 1 N–H and O–H groups in total. The highest BCUT2D eigenvalue weighted by molar-refractivity contribution is 5.76. The Bertz CT molecular complexity index is 324. The van der Waals surface area contributed by atoms with Crippen LogP contribution in [0.4, 0.5) is 0 Å². The highest BCUT2D eigenvalue weighted by atomic mass is 16.5. The lowest BCUT2D eigenvalue weighted by Gasteiger charge is -2.12. The van der Waals surface area contributed by atoms with Gasteiger partial charge in [-0.25, -0.2) is 0 Å². The van der Waals surface area contributed by atoms with Crippen LogP contribution in [-0.2, 0) is 19.1 Å². The van der Waals surface area contributed by atoms with Gasteiger partial charge in [0.05, 0.1) is 19.8 Å². The van der Waals surface area contributed by atoms with Gasteiger partial charge >= 0.3 is 11.9 Å². The summed E-state index contributed by atoms with van der Waals surface area (Å²) >= 11 is 0. The number of esters is 2. The van der Waals surface area contributed by atoms with Gasteiger partial charge in [0, 0.05) is 6.04 Å². The summed E-state index contributed by atoms with van der Waals surface area (Å²) in [5, 5.41) is 11.4. The van der Waals surface area contributed by atoms with E-state index in [-0.39, 0.29) is 31.1 Å². The van der Waals surface area contributed by atoms with Gasteiger partial charge in [0.2, 0.25) is 0 Å². The van der Waals surface area contributed by atoms with Crippen LogP contribution in [0.3, 0.4) is 0 Å². The van der Waals surface area contributed by atoms with Crippen molar-refractivity contribution in [1.82, 2.24) is 5.32 Å². The van der Waals surface area contributed by atoms with E-state index < -0.39 is 5.97 Å². The molecule has 0 aromatic heterocycles. The summed E-state index contributed by atoms with van der Waals surface area (Å²) in [5.41, 5.74) is 0. The van der Waals surface area contributed by atoms with E-state index in [1.165, 1.54) is 7.11 Å². The van der Waals surface area contributed by atoms with Gasteiger partial charge in [0.1, 0.15) is 12.5 Å². The van der Waals surface area contributed by atoms with Crippen LogP contribution in [0.15, 0.2) is 0 Å². The molecule has 0 bridgehead atoms. The van der Waals surface area contributed by atoms with Crippen molar-refractivity contribution in [3.05, 3.63) is 0 Å². The van der Waals surface area contributed by atoms with Gasteiger partial charge in [-0.1, -0.05) is 0 Å². The van der Waals surface area contributed by atoms with Crippen molar-refractivity contribution in [2.45, 2.75) is 37.8 Å². The third kappa shape index (κ3) is 4.41. The number of methoxy groups -OCH3 is 1. The summed E-state index contributed by atoms with van der Waals surface area (Å²) in [7, 11) is 1.36. The van der Waals surface area contributed by atoms with Crippen molar-refractivity contribution < 1.29 is 19.1 Å². The number of nitrogens with zero attached hydrogens (tertiary/aromatic N) is 1. The average molecular weight is 240 g/mol. The molecule has 0 amide bonds. The molecule has 17 heavy (non-hydrogen) atoms. The Morgan fingerprint density at radius 3 is 2.88 bits per heavy atom. The molecular weight excluding hydrogens is 224 g/mol. The summed E-state index contributed by atoms with van der Waals surface area (Å²) in [4.78, 5) is 22.1. The fourth-order valence-electron chi connectivity index (χ4n) is 1.81. The zero-order valence-corrected chi connectivity index (χ0v) is 9.77. The quantitative estimate of drug-likeness (QED) is 0.687. The number of nitrogens with one attached hydrogen (secondary N) is 1. The number of ether oxygens (including phenoxy) is 2. The first kappa shape index (κ1) is 13.5. The van der Waals surface area contributed by atoms with Crippen molar-refractivity contribution in [2.24, 2.45) is 0 Å². The smallest absolute Gasteiger partial charge is 0.322 e. The predicted molar refractivity (Wildman–Crippen MR) is 57.8 cm³/mol. The average Bonchev–Trinajstić information content (AvgIpc) is 2.77. The summed E-state index contributed by atoms with van der Waals surface area (Å²) in [5.74, 6) is -0.760. The van der Waals surface area contributed by atoms with Crippen LogP contribution < -0.4 is 5.32 Å². The van der Waals surface area contributed by atoms with Crippen molar-refractivity contribution in [1.29, 1.82) is 5.26 Å². The molecule has 2 atom stereocenters. The minimum absolute atomic E-state index is 0.161. The minimum atomic E-state index is -0.505. The monoisotopic (exact) mass is 240 g/mol. The third-order valence-electron chi connectivity index (χ3n) is 2.68. The van der Waals surface area contributed by atoms with Gasteiger partial charge in [-0.2, -0.15) is 5.26 Å². The fraction of sp³-hybridized carbons (Fsp3) is 0.727. The number of carbonyl (C=O) groups excluding carboxylic acids is 2. The molecule has 1 aliphatic heterocycles. The second-order valence-corrected chi connectivity index (χ2v) is 3.86. The third-order valence-corrected chi connectivity index (χ3v) is 2.68. The Kier molecular flexibility index (Phi) is 5.43. The maximum absolute atomic E-state index is 11.2. The first-order chi connectivity index (χ1) is 8.17. The van der Waals surface area contributed by atoms with Crippen LogP contribution in [0.2, 0.25) is 0 Å².